The van der Waals surface area contributed by atoms with E-state index in [0.717, 1.165) is 40.6 Å². The lowest BCUT2D eigenvalue weighted by Crippen LogP contribution is -2.39. The Morgan fingerprint density at radius 3 is 2.44 bits per heavy atom. The number of fused-ring (bicyclic) bond motifs is 1. The van der Waals surface area contributed by atoms with Gasteiger partial charge in [-0.05, 0) is 66.6 Å². The summed E-state index contributed by atoms with van der Waals surface area (Å²) in [5.41, 5.74) is 5.88. The molecule has 2 aromatic heterocycles. The van der Waals surface area contributed by atoms with E-state index in [1.54, 1.807) is 0 Å². The second-order valence-corrected chi connectivity index (χ2v) is 10.6. The third kappa shape index (κ3) is 5.83. The van der Waals surface area contributed by atoms with Crippen molar-refractivity contribution in [2.24, 2.45) is 5.92 Å². The highest BCUT2D eigenvalue weighted by atomic mass is 16.5. The summed E-state index contributed by atoms with van der Waals surface area (Å²) < 4.78 is 12.8. The number of esters is 1. The largest absolute Gasteiger partial charge is 0.469 e. The molecule has 2 N–H and O–H groups in total. The Bertz CT molecular complexity index is 1720. The highest BCUT2D eigenvalue weighted by Gasteiger charge is 2.29. The number of tetrazole rings is 1. The maximum atomic E-state index is 13.6. The normalized spacial score (nSPS) is 16.6. The van der Waals surface area contributed by atoms with Gasteiger partial charge in [0.05, 0.1) is 42.8 Å². The van der Waals surface area contributed by atoms with E-state index in [0.29, 0.717) is 48.9 Å². The molecule has 11 nitrogen and oxygen atoms in total. The summed E-state index contributed by atoms with van der Waals surface area (Å²) in [5.74, 6) is 0.0970. The Balaban J connectivity index is 1.26. The molecule has 1 saturated carbocycles. The number of amides is 1. The number of rotatable bonds is 9. The number of aromatic amines is 1. The Kier molecular flexibility index (Phi) is 8.12. The lowest BCUT2D eigenvalue weighted by molar-refractivity contribution is -0.146. The van der Waals surface area contributed by atoms with Crippen LogP contribution in [-0.4, -0.2) is 61.8 Å². The van der Waals surface area contributed by atoms with Crippen LogP contribution >= 0.6 is 0 Å². The highest BCUT2D eigenvalue weighted by Crippen LogP contribution is 2.31. The van der Waals surface area contributed by atoms with Crippen molar-refractivity contribution >= 4 is 22.9 Å². The van der Waals surface area contributed by atoms with E-state index in [9.17, 15) is 9.59 Å². The summed E-state index contributed by atoms with van der Waals surface area (Å²) >= 11 is 0. The van der Waals surface area contributed by atoms with Gasteiger partial charge in [-0.15, -0.1) is 10.2 Å². The summed E-state index contributed by atoms with van der Waals surface area (Å²) in [4.78, 5) is 30.2. The number of hydrogen-bond acceptors (Lipinski definition) is 8. The van der Waals surface area contributed by atoms with Gasteiger partial charge in [0.15, 0.2) is 0 Å². The molecular formula is C32H33N7O4. The fraction of sp³-hybridized carbons (Fsp3) is 0.312. The topological polar surface area (TPSA) is 137 Å². The number of para-hydroxylation sites is 1. The van der Waals surface area contributed by atoms with Crippen LogP contribution in [0.1, 0.15) is 48.5 Å². The van der Waals surface area contributed by atoms with Gasteiger partial charge in [-0.3, -0.25) is 14.2 Å². The number of carbonyl (C=O) groups is 2. The van der Waals surface area contributed by atoms with Crippen molar-refractivity contribution in [2.45, 2.75) is 45.2 Å². The molecule has 220 valence electrons. The number of nitrogens with zero attached hydrogens (tertiary/aromatic N) is 5. The van der Waals surface area contributed by atoms with E-state index in [4.69, 9.17) is 14.5 Å². The summed E-state index contributed by atoms with van der Waals surface area (Å²) in [6.45, 7) is 2.82. The third-order valence-corrected chi connectivity index (χ3v) is 7.97. The fourth-order valence-electron chi connectivity index (χ4n) is 5.81. The number of imidazole rings is 1. The van der Waals surface area contributed by atoms with Crippen LogP contribution in [-0.2, 0) is 16.1 Å². The molecule has 0 spiro atoms. The van der Waals surface area contributed by atoms with Gasteiger partial charge in [0.1, 0.15) is 0 Å². The second-order valence-electron chi connectivity index (χ2n) is 10.6. The van der Waals surface area contributed by atoms with Gasteiger partial charge in [0, 0.05) is 11.6 Å². The van der Waals surface area contributed by atoms with E-state index in [1.165, 1.54) is 7.11 Å². The first-order chi connectivity index (χ1) is 21.1. The van der Waals surface area contributed by atoms with Crippen molar-refractivity contribution in [1.82, 2.24) is 35.5 Å². The van der Waals surface area contributed by atoms with Crippen molar-refractivity contribution in [3.63, 3.8) is 0 Å². The standard InChI is InChI=1S/C32H33N7O4/c1-3-43-32-34-27-10-6-9-26(30(40)33-23-17-15-22(16-18-23)31(41)42-2)28(27)39(32)19-20-11-13-21(14-12-20)24-7-4-5-8-25(24)29-35-37-38-36-29/h4-14,22-23H,3,15-19H2,1-2H3,(H,33,40)(H,35,36,37,38). The monoisotopic (exact) mass is 579 g/mol. The Morgan fingerprint density at radius 1 is 0.977 bits per heavy atom. The minimum atomic E-state index is -0.175. The van der Waals surface area contributed by atoms with Crippen LogP contribution in [0.25, 0.3) is 33.5 Å². The average Bonchev–Trinajstić information content (AvgIpc) is 3.70. The van der Waals surface area contributed by atoms with Crippen LogP contribution < -0.4 is 10.1 Å². The van der Waals surface area contributed by atoms with Crippen LogP contribution in [0.15, 0.2) is 66.7 Å². The van der Waals surface area contributed by atoms with Gasteiger partial charge in [0.25, 0.3) is 11.9 Å². The molecule has 11 heteroatoms. The van der Waals surface area contributed by atoms with Crippen LogP contribution in [0.2, 0.25) is 0 Å². The lowest BCUT2D eigenvalue weighted by atomic mass is 9.86. The first kappa shape index (κ1) is 28.1. The number of nitrogens with one attached hydrogen (secondary N) is 2. The van der Waals surface area contributed by atoms with Crippen molar-refractivity contribution < 1.29 is 19.1 Å². The molecule has 0 unspecified atom stereocenters. The summed E-state index contributed by atoms with van der Waals surface area (Å²) in [6, 6.07) is 22.2. The Labute approximate surface area is 248 Å². The van der Waals surface area contributed by atoms with Crippen LogP contribution in [0, 0.1) is 5.92 Å². The number of hydrogen-bond donors (Lipinski definition) is 2. The molecule has 0 radical (unpaired) electrons. The molecule has 1 aliphatic carbocycles. The molecule has 5 aromatic rings. The number of ether oxygens (including phenoxy) is 2. The summed E-state index contributed by atoms with van der Waals surface area (Å²) in [6.07, 6.45) is 2.86. The zero-order chi connectivity index (χ0) is 29.8. The fourth-order valence-corrected chi connectivity index (χ4v) is 5.81. The lowest BCUT2D eigenvalue weighted by Gasteiger charge is -2.27. The minimum absolute atomic E-state index is 0.00531. The molecule has 0 atom stereocenters. The van der Waals surface area contributed by atoms with Crippen LogP contribution in [0.4, 0.5) is 0 Å². The van der Waals surface area contributed by atoms with Crippen LogP contribution in [0.5, 0.6) is 6.01 Å². The summed E-state index contributed by atoms with van der Waals surface area (Å²) in [7, 11) is 1.42. The van der Waals surface area contributed by atoms with E-state index in [1.807, 2.05) is 54.0 Å². The predicted octanol–water partition coefficient (Wildman–Crippen LogP) is 4.79. The average molecular weight is 580 g/mol. The third-order valence-electron chi connectivity index (χ3n) is 7.97. The first-order valence-corrected chi connectivity index (χ1v) is 14.5. The van der Waals surface area contributed by atoms with E-state index >= 15 is 0 Å². The number of carbonyl (C=O) groups excluding carboxylic acids is 2. The van der Waals surface area contributed by atoms with E-state index < -0.39 is 0 Å². The quantitative estimate of drug-likeness (QED) is 0.238. The van der Waals surface area contributed by atoms with E-state index in [2.05, 4.69) is 50.2 Å². The van der Waals surface area contributed by atoms with Gasteiger partial charge in [-0.1, -0.05) is 54.6 Å². The second kappa shape index (κ2) is 12.4. The Hall–Kier alpha value is -5.06. The molecule has 1 fully saturated rings. The van der Waals surface area contributed by atoms with Crippen molar-refractivity contribution in [1.29, 1.82) is 0 Å². The zero-order valence-electron chi connectivity index (χ0n) is 24.1. The predicted molar refractivity (Wildman–Crippen MR) is 160 cm³/mol. The SMILES string of the molecule is CCOc1nc2cccc(C(=O)NC3CCC(C(=O)OC)CC3)c2n1Cc1ccc(-c2ccccc2-c2nn[nH]n2)cc1. The van der Waals surface area contributed by atoms with Gasteiger partial charge in [0.2, 0.25) is 5.82 Å². The number of methoxy groups -OCH3 is 1. The number of H-pyrrole nitrogens is 1. The smallest absolute Gasteiger partial charge is 0.308 e. The summed E-state index contributed by atoms with van der Waals surface area (Å²) in [5, 5.41) is 17.7. The molecule has 3 aromatic carbocycles. The molecule has 2 heterocycles. The minimum Gasteiger partial charge on any atom is -0.469 e. The number of benzene rings is 3. The molecule has 1 aliphatic rings. The molecule has 0 saturated heterocycles. The van der Waals surface area contributed by atoms with Crippen LogP contribution in [0.3, 0.4) is 0 Å². The highest BCUT2D eigenvalue weighted by molar-refractivity contribution is 6.05. The number of aromatic nitrogens is 6. The van der Waals surface area contributed by atoms with Gasteiger partial charge in [-0.25, -0.2) is 0 Å². The molecule has 0 bridgehead atoms. The molecule has 0 aliphatic heterocycles. The Morgan fingerprint density at radius 2 is 1.74 bits per heavy atom. The van der Waals surface area contributed by atoms with Crippen molar-refractivity contribution in [3.05, 3.63) is 77.9 Å². The first-order valence-electron chi connectivity index (χ1n) is 14.5. The van der Waals surface area contributed by atoms with Gasteiger partial charge < -0.3 is 14.8 Å². The molecular weight excluding hydrogens is 546 g/mol. The maximum Gasteiger partial charge on any atom is 0.308 e. The van der Waals surface area contributed by atoms with Gasteiger partial charge >= 0.3 is 5.97 Å². The molecule has 6 rings (SSSR count). The molecule has 43 heavy (non-hydrogen) atoms. The van der Waals surface area contributed by atoms with Crippen molar-refractivity contribution in [3.8, 4) is 28.5 Å². The maximum absolute atomic E-state index is 13.6. The van der Waals surface area contributed by atoms with E-state index in [-0.39, 0.29) is 23.8 Å². The van der Waals surface area contributed by atoms with Gasteiger partial charge in [-0.2, -0.15) is 10.2 Å². The van der Waals surface area contributed by atoms with Crippen molar-refractivity contribution in [2.75, 3.05) is 13.7 Å². The molecule has 1 amide bonds. The zero-order valence-corrected chi connectivity index (χ0v) is 24.1.